The predicted molar refractivity (Wildman–Crippen MR) is 58.0 cm³/mol. The summed E-state index contributed by atoms with van der Waals surface area (Å²) in [5, 5.41) is 0. The summed E-state index contributed by atoms with van der Waals surface area (Å²) in [6.45, 7) is 3.72. The van der Waals surface area contributed by atoms with Crippen LogP contribution in [-0.4, -0.2) is 48.5 Å². The Morgan fingerprint density at radius 3 is 2.53 bits per heavy atom. The van der Waals surface area contributed by atoms with E-state index in [1.165, 1.54) is 4.90 Å². The maximum atomic E-state index is 11.6. The number of rotatable bonds is 5. The molecule has 1 heterocycles. The summed E-state index contributed by atoms with van der Waals surface area (Å²) in [6.07, 6.45) is 0.667. The van der Waals surface area contributed by atoms with E-state index in [9.17, 15) is 14.4 Å². The molecule has 0 saturated carbocycles. The fourth-order valence-corrected chi connectivity index (χ4v) is 1.76. The molecule has 1 rings (SSSR count). The van der Waals surface area contributed by atoms with Crippen LogP contribution in [0.4, 0.5) is 0 Å². The van der Waals surface area contributed by atoms with Crippen LogP contribution in [0.2, 0.25) is 0 Å². The monoisotopic (exact) mass is 243 g/mol. The first-order valence-electron chi connectivity index (χ1n) is 5.71. The highest BCUT2D eigenvalue weighted by atomic mass is 16.5. The second kappa shape index (κ2) is 6.22. The number of esters is 2. The first-order valence-corrected chi connectivity index (χ1v) is 5.71. The van der Waals surface area contributed by atoms with Crippen molar-refractivity contribution >= 4 is 17.8 Å². The number of hydrogen-bond acceptors (Lipinski definition) is 5. The average Bonchev–Trinajstić information content (AvgIpc) is 2.61. The molecule has 1 aliphatic heterocycles. The van der Waals surface area contributed by atoms with Crippen LogP contribution >= 0.6 is 0 Å². The highest BCUT2D eigenvalue weighted by molar-refractivity contribution is 5.90. The second-order valence-corrected chi connectivity index (χ2v) is 3.63. The van der Waals surface area contributed by atoms with Crippen LogP contribution in [0.3, 0.4) is 0 Å². The Balaban J connectivity index is 2.62. The predicted octanol–water partition coefficient (Wildman–Crippen LogP) is 0.104. The van der Waals surface area contributed by atoms with Crippen LogP contribution in [0.5, 0.6) is 0 Å². The van der Waals surface area contributed by atoms with Gasteiger partial charge in [0.05, 0.1) is 13.2 Å². The van der Waals surface area contributed by atoms with Gasteiger partial charge in [0, 0.05) is 6.42 Å². The van der Waals surface area contributed by atoms with Gasteiger partial charge in [-0.2, -0.15) is 0 Å². The Hall–Kier alpha value is -1.59. The fourth-order valence-electron chi connectivity index (χ4n) is 1.76. The minimum atomic E-state index is -0.646. The van der Waals surface area contributed by atoms with Gasteiger partial charge in [-0.25, -0.2) is 4.79 Å². The molecule has 17 heavy (non-hydrogen) atoms. The van der Waals surface area contributed by atoms with Gasteiger partial charge in [0.2, 0.25) is 5.91 Å². The average molecular weight is 243 g/mol. The fraction of sp³-hybridized carbons (Fsp3) is 0.727. The normalized spacial score (nSPS) is 19.3. The summed E-state index contributed by atoms with van der Waals surface area (Å²) in [6, 6.07) is -0.646. The third-order valence-electron chi connectivity index (χ3n) is 2.49. The highest BCUT2D eigenvalue weighted by Crippen LogP contribution is 2.19. The smallest absolute Gasteiger partial charge is 0.328 e. The van der Waals surface area contributed by atoms with E-state index < -0.39 is 18.0 Å². The molecule has 1 amide bonds. The van der Waals surface area contributed by atoms with Crippen LogP contribution in [0.25, 0.3) is 0 Å². The molecule has 0 N–H and O–H groups in total. The van der Waals surface area contributed by atoms with Crippen molar-refractivity contribution in [3.8, 4) is 0 Å². The first kappa shape index (κ1) is 13.5. The van der Waals surface area contributed by atoms with Crippen molar-refractivity contribution in [1.29, 1.82) is 0 Å². The summed E-state index contributed by atoms with van der Waals surface area (Å²) >= 11 is 0. The van der Waals surface area contributed by atoms with Crippen molar-refractivity contribution in [2.45, 2.75) is 32.7 Å². The molecule has 6 heteroatoms. The van der Waals surface area contributed by atoms with Gasteiger partial charge in [0.25, 0.3) is 0 Å². The van der Waals surface area contributed by atoms with Crippen LogP contribution in [0.1, 0.15) is 26.7 Å². The maximum absolute atomic E-state index is 11.6. The van der Waals surface area contributed by atoms with Crippen molar-refractivity contribution in [2.75, 3.05) is 19.8 Å². The molecule has 0 aromatic carbocycles. The number of carbonyl (C=O) groups is 3. The molecule has 1 unspecified atom stereocenters. The molecule has 0 aromatic heterocycles. The number of hydrogen-bond donors (Lipinski definition) is 0. The topological polar surface area (TPSA) is 72.9 Å². The Kier molecular flexibility index (Phi) is 4.93. The van der Waals surface area contributed by atoms with Crippen LogP contribution in [-0.2, 0) is 23.9 Å². The van der Waals surface area contributed by atoms with Crippen LogP contribution < -0.4 is 0 Å². The highest BCUT2D eigenvalue weighted by Gasteiger charge is 2.38. The summed E-state index contributed by atoms with van der Waals surface area (Å²) < 4.78 is 9.62. The molecule has 1 fully saturated rings. The third kappa shape index (κ3) is 3.44. The van der Waals surface area contributed by atoms with Crippen molar-refractivity contribution in [1.82, 2.24) is 4.90 Å². The Morgan fingerprint density at radius 1 is 1.29 bits per heavy atom. The molecule has 0 aliphatic carbocycles. The SMILES string of the molecule is CCOC(=O)CN1C(=O)CCC1C(=O)OCC. The van der Waals surface area contributed by atoms with E-state index in [-0.39, 0.29) is 32.1 Å². The molecule has 0 radical (unpaired) electrons. The third-order valence-corrected chi connectivity index (χ3v) is 2.49. The summed E-state index contributed by atoms with van der Waals surface area (Å²) in [7, 11) is 0. The van der Waals surface area contributed by atoms with E-state index in [0.717, 1.165) is 0 Å². The summed E-state index contributed by atoms with van der Waals surface area (Å²) in [4.78, 5) is 35.7. The summed E-state index contributed by atoms with van der Waals surface area (Å²) in [5.74, 6) is -1.17. The number of nitrogens with zero attached hydrogens (tertiary/aromatic N) is 1. The summed E-state index contributed by atoms with van der Waals surface area (Å²) in [5.41, 5.74) is 0. The lowest BCUT2D eigenvalue weighted by atomic mass is 10.2. The maximum Gasteiger partial charge on any atom is 0.328 e. The van der Waals surface area contributed by atoms with Gasteiger partial charge in [-0.05, 0) is 20.3 Å². The van der Waals surface area contributed by atoms with Gasteiger partial charge in [-0.1, -0.05) is 0 Å². The van der Waals surface area contributed by atoms with E-state index in [0.29, 0.717) is 6.42 Å². The lowest BCUT2D eigenvalue weighted by Gasteiger charge is -2.21. The van der Waals surface area contributed by atoms with Gasteiger partial charge in [-0.3, -0.25) is 9.59 Å². The quantitative estimate of drug-likeness (QED) is 0.640. The number of likely N-dealkylation sites (tertiary alicyclic amines) is 1. The van der Waals surface area contributed by atoms with Crippen molar-refractivity contribution < 1.29 is 23.9 Å². The standard InChI is InChI=1S/C11H17NO5/c1-3-16-10(14)7-12-8(5-6-9(12)13)11(15)17-4-2/h8H,3-7H2,1-2H3. The van der Waals surface area contributed by atoms with Gasteiger partial charge in [0.1, 0.15) is 12.6 Å². The zero-order valence-electron chi connectivity index (χ0n) is 10.1. The van der Waals surface area contributed by atoms with E-state index in [2.05, 4.69) is 0 Å². The molecule has 1 aliphatic rings. The molecule has 0 spiro atoms. The molecular weight excluding hydrogens is 226 g/mol. The minimum Gasteiger partial charge on any atom is -0.465 e. The molecule has 0 bridgehead atoms. The molecule has 0 aromatic rings. The lowest BCUT2D eigenvalue weighted by molar-refractivity contribution is -0.155. The van der Waals surface area contributed by atoms with E-state index in [1.807, 2.05) is 0 Å². The lowest BCUT2D eigenvalue weighted by Crippen LogP contribution is -2.43. The van der Waals surface area contributed by atoms with Gasteiger partial charge >= 0.3 is 11.9 Å². The molecule has 1 atom stereocenters. The van der Waals surface area contributed by atoms with E-state index in [4.69, 9.17) is 9.47 Å². The number of carbonyl (C=O) groups excluding carboxylic acids is 3. The number of amides is 1. The Labute approximate surface area is 99.9 Å². The van der Waals surface area contributed by atoms with Gasteiger partial charge < -0.3 is 14.4 Å². The Morgan fingerprint density at radius 2 is 1.94 bits per heavy atom. The van der Waals surface area contributed by atoms with E-state index in [1.54, 1.807) is 13.8 Å². The molecule has 6 nitrogen and oxygen atoms in total. The second-order valence-electron chi connectivity index (χ2n) is 3.63. The van der Waals surface area contributed by atoms with Gasteiger partial charge in [-0.15, -0.1) is 0 Å². The Bertz CT molecular complexity index is 315. The van der Waals surface area contributed by atoms with Gasteiger partial charge in [0.15, 0.2) is 0 Å². The number of ether oxygens (including phenoxy) is 2. The zero-order chi connectivity index (χ0) is 12.8. The van der Waals surface area contributed by atoms with Crippen molar-refractivity contribution in [2.24, 2.45) is 0 Å². The van der Waals surface area contributed by atoms with E-state index >= 15 is 0 Å². The minimum absolute atomic E-state index is 0.184. The van der Waals surface area contributed by atoms with Crippen LogP contribution in [0.15, 0.2) is 0 Å². The van der Waals surface area contributed by atoms with Crippen LogP contribution in [0, 0.1) is 0 Å². The zero-order valence-corrected chi connectivity index (χ0v) is 10.1. The first-order chi connectivity index (χ1) is 8.10. The molecule has 96 valence electrons. The molecular formula is C11H17NO5. The van der Waals surface area contributed by atoms with Crippen molar-refractivity contribution in [3.63, 3.8) is 0 Å². The largest absolute Gasteiger partial charge is 0.465 e. The molecule has 1 saturated heterocycles. The van der Waals surface area contributed by atoms with Crippen molar-refractivity contribution in [3.05, 3.63) is 0 Å².